The average Bonchev–Trinajstić information content (AvgIpc) is 3.14. The zero-order valence-corrected chi connectivity index (χ0v) is 14.2. The summed E-state index contributed by atoms with van der Waals surface area (Å²) in [5.74, 6) is -0.123. The summed E-state index contributed by atoms with van der Waals surface area (Å²) >= 11 is 7.90. The molecule has 6 heteroatoms. The lowest BCUT2D eigenvalue weighted by Crippen LogP contribution is -2.17. The van der Waals surface area contributed by atoms with E-state index in [0.717, 1.165) is 26.9 Å². The maximum absolute atomic E-state index is 11.7. The minimum absolute atomic E-state index is 0.123. The van der Waals surface area contributed by atoms with E-state index in [1.54, 1.807) is 11.3 Å². The van der Waals surface area contributed by atoms with Gasteiger partial charge in [-0.1, -0.05) is 42.2 Å². The molecule has 0 aliphatic carbocycles. The van der Waals surface area contributed by atoms with Crippen molar-refractivity contribution in [2.45, 2.75) is 0 Å². The van der Waals surface area contributed by atoms with Gasteiger partial charge in [-0.25, -0.2) is 0 Å². The Kier molecular flexibility index (Phi) is 3.72. The van der Waals surface area contributed by atoms with Gasteiger partial charge in [-0.3, -0.25) is 9.78 Å². The Bertz CT molecular complexity index is 975. The Morgan fingerprint density at radius 1 is 1.17 bits per heavy atom. The number of hydrogen-bond donors (Lipinski definition) is 1. The highest BCUT2D eigenvalue weighted by molar-refractivity contribution is 8.26. The zero-order valence-electron chi connectivity index (χ0n) is 11.8. The SMILES string of the molecule is O=C1NC(=S)S/C1=C\c1cc(-c2cnc3ccccc3c2)cs1. The van der Waals surface area contributed by atoms with Crippen LogP contribution in [0.2, 0.25) is 0 Å². The number of rotatable bonds is 2. The molecule has 1 aromatic carbocycles. The standard InChI is InChI=1S/C17H10N2OS3/c20-16-15(23-17(21)19-16)7-13-6-12(9-22-13)11-5-10-3-1-2-4-14(10)18-8-11/h1-9H,(H,19,20,21)/b15-7-. The summed E-state index contributed by atoms with van der Waals surface area (Å²) in [4.78, 5) is 17.9. The van der Waals surface area contributed by atoms with Gasteiger partial charge in [0.25, 0.3) is 5.91 Å². The van der Waals surface area contributed by atoms with Crippen molar-refractivity contribution < 1.29 is 4.79 Å². The molecule has 3 nitrogen and oxygen atoms in total. The third-order valence-electron chi connectivity index (χ3n) is 3.46. The molecule has 1 aliphatic heterocycles. The van der Waals surface area contributed by atoms with Crippen molar-refractivity contribution >= 4 is 62.5 Å². The molecule has 2 aromatic heterocycles. The van der Waals surface area contributed by atoms with Crippen LogP contribution < -0.4 is 5.32 Å². The Morgan fingerprint density at radius 2 is 2.04 bits per heavy atom. The summed E-state index contributed by atoms with van der Waals surface area (Å²) in [6.45, 7) is 0. The van der Waals surface area contributed by atoms with Gasteiger partial charge in [-0.2, -0.15) is 0 Å². The number of benzene rings is 1. The molecule has 0 bridgehead atoms. The van der Waals surface area contributed by atoms with Crippen molar-refractivity contribution in [1.82, 2.24) is 10.3 Å². The number of nitrogens with one attached hydrogen (secondary N) is 1. The first kappa shape index (κ1) is 14.6. The largest absolute Gasteiger partial charge is 0.307 e. The van der Waals surface area contributed by atoms with E-state index < -0.39 is 0 Å². The highest BCUT2D eigenvalue weighted by Crippen LogP contribution is 2.31. The van der Waals surface area contributed by atoms with Crippen LogP contribution in [0, 0.1) is 0 Å². The Labute approximate surface area is 146 Å². The summed E-state index contributed by atoms with van der Waals surface area (Å²) < 4.78 is 0.511. The van der Waals surface area contributed by atoms with Gasteiger partial charge in [-0.15, -0.1) is 11.3 Å². The Hall–Kier alpha value is -2.02. The van der Waals surface area contributed by atoms with Gasteiger partial charge in [0.05, 0.1) is 10.4 Å². The third-order valence-corrected chi connectivity index (χ3v) is 5.50. The number of thiophene rings is 1. The lowest BCUT2D eigenvalue weighted by molar-refractivity contribution is -0.115. The molecule has 4 rings (SSSR count). The van der Waals surface area contributed by atoms with Gasteiger partial charge >= 0.3 is 0 Å². The monoisotopic (exact) mass is 354 g/mol. The van der Waals surface area contributed by atoms with Crippen LogP contribution in [0.5, 0.6) is 0 Å². The molecule has 0 spiro atoms. The summed E-state index contributed by atoms with van der Waals surface area (Å²) in [7, 11) is 0. The lowest BCUT2D eigenvalue weighted by atomic mass is 10.1. The van der Waals surface area contributed by atoms with Crippen molar-refractivity contribution in [3.63, 3.8) is 0 Å². The van der Waals surface area contributed by atoms with E-state index in [1.807, 2.05) is 30.5 Å². The zero-order chi connectivity index (χ0) is 15.8. The van der Waals surface area contributed by atoms with Gasteiger partial charge < -0.3 is 5.32 Å². The lowest BCUT2D eigenvalue weighted by Gasteiger charge is -2.00. The molecule has 3 heterocycles. The second kappa shape index (κ2) is 5.88. The smallest absolute Gasteiger partial charge is 0.263 e. The minimum Gasteiger partial charge on any atom is -0.307 e. The van der Waals surface area contributed by atoms with Crippen molar-refractivity contribution in [3.8, 4) is 11.1 Å². The van der Waals surface area contributed by atoms with Crippen molar-refractivity contribution in [2.75, 3.05) is 0 Å². The number of thiocarbonyl (C=S) groups is 1. The molecule has 0 saturated carbocycles. The number of pyridine rings is 1. The van der Waals surface area contributed by atoms with Crippen LogP contribution in [0.15, 0.2) is 52.9 Å². The fourth-order valence-electron chi connectivity index (χ4n) is 2.36. The van der Waals surface area contributed by atoms with Crippen LogP contribution >= 0.6 is 35.3 Å². The fraction of sp³-hybridized carbons (Fsp3) is 0. The molecule has 1 amide bonds. The van der Waals surface area contributed by atoms with E-state index in [-0.39, 0.29) is 5.91 Å². The predicted octanol–water partition coefficient (Wildman–Crippen LogP) is 4.45. The van der Waals surface area contributed by atoms with Crippen molar-refractivity contribution in [1.29, 1.82) is 0 Å². The molecule has 1 fully saturated rings. The number of para-hydroxylation sites is 1. The molecule has 0 unspecified atom stereocenters. The molecule has 1 saturated heterocycles. The topological polar surface area (TPSA) is 42.0 Å². The molecular weight excluding hydrogens is 344 g/mol. The van der Waals surface area contributed by atoms with Crippen LogP contribution in [-0.2, 0) is 4.79 Å². The Balaban J connectivity index is 1.68. The predicted molar refractivity (Wildman–Crippen MR) is 101 cm³/mol. The van der Waals surface area contributed by atoms with Crippen molar-refractivity contribution in [3.05, 3.63) is 57.8 Å². The number of hydrogen-bond acceptors (Lipinski definition) is 5. The van der Waals surface area contributed by atoms with Gasteiger partial charge in [0.15, 0.2) is 0 Å². The van der Waals surface area contributed by atoms with E-state index >= 15 is 0 Å². The summed E-state index contributed by atoms with van der Waals surface area (Å²) in [5, 5.41) is 5.82. The molecule has 112 valence electrons. The first-order valence-electron chi connectivity index (χ1n) is 6.87. The molecule has 0 radical (unpaired) electrons. The number of aromatic nitrogens is 1. The number of amides is 1. The fourth-order valence-corrected chi connectivity index (χ4v) is 4.32. The van der Waals surface area contributed by atoms with Crippen LogP contribution in [0.1, 0.15) is 4.88 Å². The third kappa shape index (κ3) is 2.93. The molecule has 23 heavy (non-hydrogen) atoms. The highest BCUT2D eigenvalue weighted by Gasteiger charge is 2.22. The number of carbonyl (C=O) groups is 1. The number of carbonyl (C=O) groups excluding carboxylic acids is 1. The molecular formula is C17H10N2OS3. The molecule has 0 atom stereocenters. The van der Waals surface area contributed by atoms with Crippen LogP contribution in [-0.4, -0.2) is 15.2 Å². The first-order valence-corrected chi connectivity index (χ1v) is 8.98. The highest BCUT2D eigenvalue weighted by atomic mass is 32.2. The van der Waals surface area contributed by atoms with Crippen LogP contribution in [0.3, 0.4) is 0 Å². The van der Waals surface area contributed by atoms with Gasteiger partial charge in [0.2, 0.25) is 0 Å². The number of thioether (sulfide) groups is 1. The summed E-state index contributed by atoms with van der Waals surface area (Å²) in [6.07, 6.45) is 3.76. The number of fused-ring (bicyclic) bond motifs is 1. The minimum atomic E-state index is -0.123. The van der Waals surface area contributed by atoms with Gasteiger partial charge in [-0.05, 0) is 35.2 Å². The molecule has 1 N–H and O–H groups in total. The van der Waals surface area contributed by atoms with E-state index in [1.165, 1.54) is 11.8 Å². The van der Waals surface area contributed by atoms with E-state index in [9.17, 15) is 4.79 Å². The molecule has 3 aromatic rings. The van der Waals surface area contributed by atoms with Crippen LogP contribution in [0.4, 0.5) is 0 Å². The van der Waals surface area contributed by atoms with Crippen LogP contribution in [0.25, 0.3) is 28.1 Å². The van der Waals surface area contributed by atoms with Gasteiger partial charge in [0.1, 0.15) is 4.32 Å². The summed E-state index contributed by atoms with van der Waals surface area (Å²) in [5.41, 5.74) is 3.16. The van der Waals surface area contributed by atoms with Crippen molar-refractivity contribution in [2.24, 2.45) is 0 Å². The second-order valence-corrected chi connectivity index (χ2v) is 7.67. The van der Waals surface area contributed by atoms with Gasteiger partial charge in [0, 0.05) is 22.0 Å². The average molecular weight is 354 g/mol. The Morgan fingerprint density at radius 3 is 2.87 bits per heavy atom. The van der Waals surface area contributed by atoms with E-state index in [2.05, 4.69) is 33.9 Å². The van der Waals surface area contributed by atoms with E-state index in [0.29, 0.717) is 9.23 Å². The molecule has 1 aliphatic rings. The maximum Gasteiger partial charge on any atom is 0.263 e. The second-order valence-electron chi connectivity index (χ2n) is 5.01. The first-order chi connectivity index (χ1) is 11.2. The quantitative estimate of drug-likeness (QED) is 0.545. The normalized spacial score (nSPS) is 16.3. The number of nitrogens with zero attached hydrogens (tertiary/aromatic N) is 1. The summed E-state index contributed by atoms with van der Waals surface area (Å²) in [6, 6.07) is 12.3. The van der Waals surface area contributed by atoms with E-state index in [4.69, 9.17) is 12.2 Å². The maximum atomic E-state index is 11.7.